The number of ether oxygens (including phenoxy) is 1. The van der Waals surface area contributed by atoms with Crippen molar-refractivity contribution in [1.29, 1.82) is 0 Å². The molecule has 0 spiro atoms. The lowest BCUT2D eigenvalue weighted by Gasteiger charge is -2.12. The molecule has 0 aliphatic carbocycles. The van der Waals surface area contributed by atoms with Crippen molar-refractivity contribution in [3.63, 3.8) is 0 Å². The lowest BCUT2D eigenvalue weighted by atomic mass is 10.1. The van der Waals surface area contributed by atoms with Gasteiger partial charge in [-0.1, -0.05) is 19.4 Å². The first kappa shape index (κ1) is 13.5. The van der Waals surface area contributed by atoms with Crippen molar-refractivity contribution >= 4 is 11.6 Å². The SMILES string of the molecule is CCCC(N)C(=O)Nc1cccc(OCC)c1. The molecule has 0 saturated carbocycles. The maximum atomic E-state index is 11.7. The Morgan fingerprint density at radius 1 is 1.47 bits per heavy atom. The van der Waals surface area contributed by atoms with Gasteiger partial charge in [0, 0.05) is 11.8 Å². The molecule has 0 bridgehead atoms. The minimum atomic E-state index is -0.448. The number of benzene rings is 1. The fraction of sp³-hybridized carbons (Fsp3) is 0.462. The van der Waals surface area contributed by atoms with Gasteiger partial charge < -0.3 is 15.8 Å². The minimum absolute atomic E-state index is 0.152. The lowest BCUT2D eigenvalue weighted by Crippen LogP contribution is -2.35. The Morgan fingerprint density at radius 2 is 2.24 bits per heavy atom. The van der Waals surface area contributed by atoms with Crippen LogP contribution in [-0.2, 0) is 4.79 Å². The Balaban J connectivity index is 2.61. The molecule has 1 aromatic carbocycles. The van der Waals surface area contributed by atoms with Gasteiger partial charge in [0.15, 0.2) is 0 Å². The van der Waals surface area contributed by atoms with Crippen LogP contribution in [0.25, 0.3) is 0 Å². The molecular weight excluding hydrogens is 216 g/mol. The number of hydrogen-bond donors (Lipinski definition) is 2. The molecule has 0 aromatic heterocycles. The molecule has 3 N–H and O–H groups in total. The summed E-state index contributed by atoms with van der Waals surface area (Å²) in [6.45, 7) is 4.53. The van der Waals surface area contributed by atoms with Crippen molar-refractivity contribution in [2.45, 2.75) is 32.7 Å². The zero-order chi connectivity index (χ0) is 12.7. The van der Waals surface area contributed by atoms with Crippen LogP contribution in [0.4, 0.5) is 5.69 Å². The first-order chi connectivity index (χ1) is 8.17. The van der Waals surface area contributed by atoms with Gasteiger partial charge in [-0.3, -0.25) is 4.79 Å². The summed E-state index contributed by atoms with van der Waals surface area (Å²) in [5.74, 6) is 0.592. The molecule has 0 fully saturated rings. The molecule has 17 heavy (non-hydrogen) atoms. The van der Waals surface area contributed by atoms with E-state index < -0.39 is 6.04 Å². The Labute approximate surface area is 102 Å². The molecule has 1 amide bonds. The summed E-state index contributed by atoms with van der Waals surface area (Å²) >= 11 is 0. The Kier molecular flexibility index (Phi) is 5.49. The van der Waals surface area contributed by atoms with Crippen molar-refractivity contribution in [3.05, 3.63) is 24.3 Å². The van der Waals surface area contributed by atoms with E-state index in [1.54, 1.807) is 6.07 Å². The smallest absolute Gasteiger partial charge is 0.241 e. The molecule has 0 aliphatic rings. The molecule has 1 unspecified atom stereocenters. The van der Waals surface area contributed by atoms with E-state index in [0.717, 1.165) is 12.2 Å². The molecule has 0 heterocycles. The largest absolute Gasteiger partial charge is 0.494 e. The summed E-state index contributed by atoms with van der Waals surface area (Å²) in [5.41, 5.74) is 6.44. The van der Waals surface area contributed by atoms with Gasteiger partial charge in [-0.15, -0.1) is 0 Å². The number of hydrogen-bond acceptors (Lipinski definition) is 3. The Hall–Kier alpha value is -1.55. The second-order valence-electron chi connectivity index (χ2n) is 3.85. The predicted molar refractivity (Wildman–Crippen MR) is 69.1 cm³/mol. The van der Waals surface area contributed by atoms with Crippen LogP contribution in [0.3, 0.4) is 0 Å². The van der Waals surface area contributed by atoms with Crippen LogP contribution in [0.15, 0.2) is 24.3 Å². The van der Waals surface area contributed by atoms with Gasteiger partial charge in [-0.05, 0) is 25.5 Å². The van der Waals surface area contributed by atoms with Crippen LogP contribution < -0.4 is 15.8 Å². The van der Waals surface area contributed by atoms with Gasteiger partial charge in [0.25, 0.3) is 0 Å². The van der Waals surface area contributed by atoms with Crippen LogP contribution in [0.2, 0.25) is 0 Å². The highest BCUT2D eigenvalue weighted by Gasteiger charge is 2.12. The number of nitrogens with two attached hydrogens (primary N) is 1. The van der Waals surface area contributed by atoms with Crippen molar-refractivity contribution < 1.29 is 9.53 Å². The number of anilines is 1. The molecule has 1 aromatic rings. The number of amides is 1. The Morgan fingerprint density at radius 3 is 2.88 bits per heavy atom. The number of carbonyl (C=O) groups excluding carboxylic acids is 1. The standard InChI is InChI=1S/C13H20N2O2/c1-3-6-12(14)13(16)15-10-7-5-8-11(9-10)17-4-2/h5,7-9,12H,3-4,6,14H2,1-2H3,(H,15,16). The van der Waals surface area contributed by atoms with E-state index in [4.69, 9.17) is 10.5 Å². The number of rotatable bonds is 6. The first-order valence-electron chi connectivity index (χ1n) is 5.96. The van der Waals surface area contributed by atoms with Gasteiger partial charge in [0.05, 0.1) is 12.6 Å². The van der Waals surface area contributed by atoms with Crippen LogP contribution >= 0.6 is 0 Å². The summed E-state index contributed by atoms with van der Waals surface area (Å²) in [7, 11) is 0. The van der Waals surface area contributed by atoms with E-state index in [1.807, 2.05) is 32.0 Å². The molecular formula is C13H20N2O2. The van der Waals surface area contributed by atoms with Gasteiger partial charge in [0.1, 0.15) is 5.75 Å². The Bertz CT molecular complexity index is 366. The van der Waals surface area contributed by atoms with Gasteiger partial charge in [-0.25, -0.2) is 0 Å². The van der Waals surface area contributed by atoms with Crippen LogP contribution in [-0.4, -0.2) is 18.6 Å². The second-order valence-corrected chi connectivity index (χ2v) is 3.85. The normalized spacial score (nSPS) is 11.9. The third kappa shape index (κ3) is 4.44. The average Bonchev–Trinajstić information content (AvgIpc) is 2.30. The summed E-state index contributed by atoms with van der Waals surface area (Å²) in [5, 5.41) is 2.78. The minimum Gasteiger partial charge on any atom is -0.494 e. The van der Waals surface area contributed by atoms with Crippen molar-refractivity contribution in [2.24, 2.45) is 5.73 Å². The highest BCUT2D eigenvalue weighted by molar-refractivity contribution is 5.94. The van der Waals surface area contributed by atoms with Gasteiger partial charge in [0.2, 0.25) is 5.91 Å². The summed E-state index contributed by atoms with van der Waals surface area (Å²) in [4.78, 5) is 11.7. The zero-order valence-electron chi connectivity index (χ0n) is 10.4. The lowest BCUT2D eigenvalue weighted by molar-refractivity contribution is -0.117. The van der Waals surface area contributed by atoms with E-state index in [0.29, 0.717) is 18.7 Å². The van der Waals surface area contributed by atoms with E-state index in [1.165, 1.54) is 0 Å². The topological polar surface area (TPSA) is 64.4 Å². The van der Waals surface area contributed by atoms with Crippen LogP contribution in [0.1, 0.15) is 26.7 Å². The maximum Gasteiger partial charge on any atom is 0.241 e. The van der Waals surface area contributed by atoms with Crippen LogP contribution in [0, 0.1) is 0 Å². The molecule has 0 saturated heterocycles. The maximum absolute atomic E-state index is 11.7. The fourth-order valence-electron chi connectivity index (χ4n) is 1.51. The molecule has 0 aliphatic heterocycles. The fourth-order valence-corrected chi connectivity index (χ4v) is 1.51. The third-order valence-electron chi connectivity index (χ3n) is 2.35. The van der Waals surface area contributed by atoms with E-state index in [9.17, 15) is 4.79 Å². The second kappa shape index (κ2) is 6.91. The van der Waals surface area contributed by atoms with Crippen LogP contribution in [0.5, 0.6) is 5.75 Å². The summed E-state index contributed by atoms with van der Waals surface area (Å²) in [6, 6.07) is 6.85. The molecule has 4 nitrogen and oxygen atoms in total. The van der Waals surface area contributed by atoms with Gasteiger partial charge in [-0.2, -0.15) is 0 Å². The number of carbonyl (C=O) groups is 1. The molecule has 4 heteroatoms. The van der Waals surface area contributed by atoms with E-state index >= 15 is 0 Å². The molecule has 94 valence electrons. The van der Waals surface area contributed by atoms with E-state index in [2.05, 4.69) is 5.32 Å². The third-order valence-corrected chi connectivity index (χ3v) is 2.35. The van der Waals surface area contributed by atoms with E-state index in [-0.39, 0.29) is 5.91 Å². The highest BCUT2D eigenvalue weighted by Crippen LogP contribution is 2.17. The van der Waals surface area contributed by atoms with Crippen molar-refractivity contribution in [3.8, 4) is 5.75 Å². The predicted octanol–water partition coefficient (Wildman–Crippen LogP) is 2.15. The van der Waals surface area contributed by atoms with Gasteiger partial charge >= 0.3 is 0 Å². The first-order valence-corrected chi connectivity index (χ1v) is 5.96. The number of nitrogens with one attached hydrogen (secondary N) is 1. The summed E-state index contributed by atoms with van der Waals surface area (Å²) in [6.07, 6.45) is 1.59. The monoisotopic (exact) mass is 236 g/mol. The highest BCUT2D eigenvalue weighted by atomic mass is 16.5. The van der Waals surface area contributed by atoms with Crippen molar-refractivity contribution in [1.82, 2.24) is 0 Å². The average molecular weight is 236 g/mol. The zero-order valence-corrected chi connectivity index (χ0v) is 10.4. The quantitative estimate of drug-likeness (QED) is 0.795. The summed E-state index contributed by atoms with van der Waals surface area (Å²) < 4.78 is 5.35. The molecule has 1 atom stereocenters. The van der Waals surface area contributed by atoms with Crippen molar-refractivity contribution in [2.75, 3.05) is 11.9 Å². The molecule has 0 radical (unpaired) electrons. The molecule has 1 rings (SSSR count).